The lowest BCUT2D eigenvalue weighted by molar-refractivity contribution is -0.138. The van der Waals surface area contributed by atoms with Gasteiger partial charge in [-0.15, -0.1) is 5.10 Å². The molecule has 0 saturated carbocycles. The zero-order chi connectivity index (χ0) is 24.6. The van der Waals surface area contributed by atoms with Gasteiger partial charge in [-0.3, -0.25) is 4.90 Å². The van der Waals surface area contributed by atoms with Gasteiger partial charge in [0.05, 0.1) is 18.8 Å². The number of alkyl halides is 3. The molecule has 11 heteroatoms. The minimum absolute atomic E-state index is 0.197. The van der Waals surface area contributed by atoms with Crippen LogP contribution in [0.2, 0.25) is 0 Å². The molecule has 0 bridgehead atoms. The number of hydrogen-bond donors (Lipinski definition) is 1. The van der Waals surface area contributed by atoms with Gasteiger partial charge in [0, 0.05) is 82.1 Å². The summed E-state index contributed by atoms with van der Waals surface area (Å²) in [6.07, 6.45) is -2.81. The van der Waals surface area contributed by atoms with Crippen molar-refractivity contribution in [3.8, 4) is 0 Å². The van der Waals surface area contributed by atoms with E-state index in [-0.39, 0.29) is 18.1 Å². The maximum absolute atomic E-state index is 14.0. The molecule has 3 saturated heterocycles. The smallest absolute Gasteiger partial charge is 0.381 e. The number of carbonyl (C=O) groups excluding carboxylic acids is 1. The lowest BCUT2D eigenvalue weighted by atomic mass is 10.0. The van der Waals surface area contributed by atoms with Gasteiger partial charge in [-0.1, -0.05) is 6.07 Å². The van der Waals surface area contributed by atoms with Crippen LogP contribution in [0.15, 0.2) is 30.5 Å². The average Bonchev–Trinajstić information content (AvgIpc) is 3.56. The van der Waals surface area contributed by atoms with Crippen LogP contribution < -0.4 is 10.2 Å². The Bertz CT molecular complexity index is 1040. The Hall–Kier alpha value is -2.79. The van der Waals surface area contributed by atoms with E-state index in [2.05, 4.69) is 15.3 Å². The van der Waals surface area contributed by atoms with Gasteiger partial charge in [0.25, 0.3) is 0 Å². The van der Waals surface area contributed by atoms with E-state index < -0.39 is 11.7 Å². The SMILES string of the molecule is CCNc1ccn(C(=O)N2CCN(Cc3ccc(N4CC5COCC5C4)cc3C(F)(F)F)CC2)n1. The molecule has 5 rings (SSSR count). The predicted octanol–water partition coefficient (Wildman–Crippen LogP) is 3.20. The van der Waals surface area contributed by atoms with Crippen LogP contribution in [0.4, 0.5) is 29.5 Å². The molecule has 1 aromatic carbocycles. The Labute approximate surface area is 202 Å². The summed E-state index contributed by atoms with van der Waals surface area (Å²) >= 11 is 0. The fourth-order valence-corrected chi connectivity index (χ4v) is 5.25. The molecular formula is C24H31F3N6O2. The lowest BCUT2D eigenvalue weighted by Crippen LogP contribution is -2.49. The maximum atomic E-state index is 14.0. The van der Waals surface area contributed by atoms with Gasteiger partial charge >= 0.3 is 12.2 Å². The summed E-state index contributed by atoms with van der Waals surface area (Å²) in [4.78, 5) is 18.4. The minimum Gasteiger partial charge on any atom is -0.381 e. The number of piperazine rings is 1. The van der Waals surface area contributed by atoms with Crippen LogP contribution in [-0.4, -0.2) is 84.6 Å². The van der Waals surface area contributed by atoms with Crippen LogP contribution in [-0.2, 0) is 17.5 Å². The Morgan fingerprint density at radius 3 is 2.49 bits per heavy atom. The summed E-state index contributed by atoms with van der Waals surface area (Å²) < 4.78 is 48.8. The molecule has 35 heavy (non-hydrogen) atoms. The number of carbonyl (C=O) groups is 1. The molecule has 3 aliphatic rings. The first kappa shape index (κ1) is 23.9. The molecule has 1 aromatic heterocycles. The van der Waals surface area contributed by atoms with E-state index in [1.54, 1.807) is 23.2 Å². The maximum Gasteiger partial charge on any atom is 0.416 e. The van der Waals surface area contributed by atoms with Gasteiger partial charge in [0.2, 0.25) is 0 Å². The molecule has 4 heterocycles. The fourth-order valence-electron chi connectivity index (χ4n) is 5.25. The summed E-state index contributed by atoms with van der Waals surface area (Å²) in [5, 5.41) is 7.28. The molecule has 0 spiro atoms. The Morgan fingerprint density at radius 1 is 1.11 bits per heavy atom. The van der Waals surface area contributed by atoms with Crippen molar-refractivity contribution in [3.63, 3.8) is 0 Å². The van der Waals surface area contributed by atoms with Crippen molar-refractivity contribution in [2.45, 2.75) is 19.6 Å². The monoisotopic (exact) mass is 492 g/mol. The van der Waals surface area contributed by atoms with Crippen molar-refractivity contribution in [2.24, 2.45) is 11.8 Å². The molecule has 3 fully saturated rings. The van der Waals surface area contributed by atoms with Crippen LogP contribution in [0.5, 0.6) is 0 Å². The number of ether oxygens (including phenoxy) is 1. The van der Waals surface area contributed by atoms with Crippen LogP contribution >= 0.6 is 0 Å². The zero-order valence-electron chi connectivity index (χ0n) is 19.8. The van der Waals surface area contributed by atoms with Crippen LogP contribution in [0.3, 0.4) is 0 Å². The number of benzene rings is 1. The summed E-state index contributed by atoms with van der Waals surface area (Å²) in [7, 11) is 0. The molecule has 8 nitrogen and oxygen atoms in total. The second-order valence-corrected chi connectivity index (χ2v) is 9.52. The van der Waals surface area contributed by atoms with Gasteiger partial charge in [-0.05, 0) is 24.6 Å². The number of nitrogens with zero attached hydrogens (tertiary/aromatic N) is 5. The summed E-state index contributed by atoms with van der Waals surface area (Å²) in [6.45, 7) is 7.59. The third kappa shape index (κ3) is 5.11. The number of amides is 1. The molecule has 190 valence electrons. The highest BCUT2D eigenvalue weighted by atomic mass is 19.4. The summed E-state index contributed by atoms with van der Waals surface area (Å²) in [5.74, 6) is 1.44. The molecule has 1 amide bonds. The van der Waals surface area contributed by atoms with Gasteiger partial charge < -0.3 is 19.9 Å². The van der Waals surface area contributed by atoms with Crippen LogP contribution in [0.1, 0.15) is 18.1 Å². The highest BCUT2D eigenvalue weighted by Crippen LogP contribution is 2.38. The quantitative estimate of drug-likeness (QED) is 0.692. The minimum atomic E-state index is -4.42. The highest BCUT2D eigenvalue weighted by Gasteiger charge is 2.39. The van der Waals surface area contributed by atoms with Crippen molar-refractivity contribution in [1.29, 1.82) is 0 Å². The third-order valence-corrected chi connectivity index (χ3v) is 7.18. The lowest BCUT2D eigenvalue weighted by Gasteiger charge is -2.35. The van der Waals surface area contributed by atoms with E-state index in [1.165, 1.54) is 10.7 Å². The molecule has 2 unspecified atom stereocenters. The van der Waals surface area contributed by atoms with Crippen LogP contribution in [0.25, 0.3) is 0 Å². The van der Waals surface area contributed by atoms with Crippen LogP contribution in [0, 0.1) is 11.8 Å². The fraction of sp³-hybridized carbons (Fsp3) is 0.583. The standard InChI is InChI=1S/C24H31F3N6O2/c1-2-28-22-5-6-33(29-22)23(34)31-9-7-30(8-10-31)12-17-3-4-20(11-21(17)24(25,26)27)32-13-18-15-35-16-19(18)14-32/h3-6,11,18-19H,2,7-10,12-16H2,1H3,(H,28,29). The van der Waals surface area contributed by atoms with Crippen molar-refractivity contribution in [3.05, 3.63) is 41.6 Å². The first-order valence-electron chi connectivity index (χ1n) is 12.2. The molecule has 0 aliphatic carbocycles. The van der Waals surface area contributed by atoms with E-state index in [1.807, 2.05) is 17.9 Å². The Balaban J connectivity index is 1.22. The Kier molecular flexibility index (Phi) is 6.63. The van der Waals surface area contributed by atoms with Crippen molar-refractivity contribution in [2.75, 3.05) is 69.2 Å². The van der Waals surface area contributed by atoms with E-state index >= 15 is 0 Å². The number of rotatable bonds is 5. The second-order valence-electron chi connectivity index (χ2n) is 9.52. The van der Waals surface area contributed by atoms with Gasteiger partial charge in [0.15, 0.2) is 0 Å². The average molecular weight is 493 g/mol. The highest BCUT2D eigenvalue weighted by molar-refractivity contribution is 5.76. The number of hydrogen-bond acceptors (Lipinski definition) is 6. The van der Waals surface area contributed by atoms with Gasteiger partial charge in [0.1, 0.15) is 5.82 Å². The van der Waals surface area contributed by atoms with Crippen molar-refractivity contribution >= 4 is 17.5 Å². The summed E-state index contributed by atoms with van der Waals surface area (Å²) in [5.41, 5.74) is 0.322. The van der Waals surface area contributed by atoms with E-state index in [0.29, 0.717) is 69.3 Å². The first-order chi connectivity index (χ1) is 16.8. The third-order valence-electron chi connectivity index (χ3n) is 7.18. The molecule has 1 N–H and O–H groups in total. The number of aromatic nitrogens is 2. The van der Waals surface area contributed by atoms with E-state index in [9.17, 15) is 18.0 Å². The molecule has 0 radical (unpaired) electrons. The number of anilines is 2. The van der Waals surface area contributed by atoms with E-state index in [0.717, 1.165) is 13.1 Å². The summed E-state index contributed by atoms with van der Waals surface area (Å²) in [6, 6.07) is 6.24. The largest absolute Gasteiger partial charge is 0.416 e. The first-order valence-corrected chi connectivity index (χ1v) is 12.2. The number of halogens is 3. The molecular weight excluding hydrogens is 461 g/mol. The van der Waals surface area contributed by atoms with Crippen molar-refractivity contribution < 1.29 is 22.7 Å². The topological polar surface area (TPSA) is 65.9 Å². The van der Waals surface area contributed by atoms with Gasteiger partial charge in [-0.25, -0.2) is 4.79 Å². The zero-order valence-corrected chi connectivity index (χ0v) is 19.8. The van der Waals surface area contributed by atoms with Crippen molar-refractivity contribution in [1.82, 2.24) is 19.6 Å². The molecule has 2 atom stereocenters. The second kappa shape index (κ2) is 9.69. The normalized spacial score (nSPS) is 23.1. The predicted molar refractivity (Wildman–Crippen MR) is 125 cm³/mol. The number of fused-ring (bicyclic) bond motifs is 1. The van der Waals surface area contributed by atoms with Gasteiger partial charge in [-0.2, -0.15) is 17.9 Å². The number of nitrogens with one attached hydrogen (secondary N) is 1. The Morgan fingerprint density at radius 2 is 1.83 bits per heavy atom. The van der Waals surface area contributed by atoms with E-state index in [4.69, 9.17) is 4.74 Å². The molecule has 3 aliphatic heterocycles. The molecule has 2 aromatic rings.